The monoisotopic (exact) mass is 234 g/mol. The van der Waals surface area contributed by atoms with Crippen molar-refractivity contribution in [1.82, 2.24) is 4.98 Å². The summed E-state index contributed by atoms with van der Waals surface area (Å²) >= 11 is 5.71. The zero-order valence-corrected chi connectivity index (χ0v) is 8.83. The zero-order valence-electron chi connectivity index (χ0n) is 8.08. The van der Waals surface area contributed by atoms with Crippen LogP contribution in [0.5, 0.6) is 0 Å². The highest BCUT2D eigenvalue weighted by Crippen LogP contribution is 2.23. The molecule has 0 N–H and O–H groups in total. The lowest BCUT2D eigenvalue weighted by Crippen LogP contribution is -1.93. The smallest absolute Gasteiger partial charge is 0.236 e. The lowest BCUT2D eigenvalue weighted by atomic mass is 10.1. The number of rotatable bonds is 2. The fourth-order valence-corrected chi connectivity index (χ4v) is 1.53. The second kappa shape index (κ2) is 4.41. The summed E-state index contributed by atoms with van der Waals surface area (Å²) in [6.45, 7) is 0. The predicted molar refractivity (Wildman–Crippen MR) is 59.4 cm³/mol. The molecule has 0 saturated heterocycles. The Balaban J connectivity index is 2.60. The first-order valence-electron chi connectivity index (χ1n) is 4.52. The lowest BCUT2D eigenvalue weighted by Gasteiger charge is -2.03. The van der Waals surface area contributed by atoms with E-state index in [1.165, 1.54) is 18.4 Å². The summed E-state index contributed by atoms with van der Waals surface area (Å²) in [5, 5.41) is 0.275. The van der Waals surface area contributed by atoms with Crippen molar-refractivity contribution >= 4 is 17.9 Å². The Kier molecular flexibility index (Phi) is 2.97. The standard InChI is InChI=1S/C12H6ClFNO/c13-11-6-2-5-10(15-11)9-4-1-3-8(7-16)12(9)14/h1-6H. The first-order valence-corrected chi connectivity index (χ1v) is 4.90. The molecule has 16 heavy (non-hydrogen) atoms. The summed E-state index contributed by atoms with van der Waals surface area (Å²) in [6, 6.07) is 9.35. The number of halogens is 2. The minimum absolute atomic E-state index is 0.112. The molecule has 2 aromatic rings. The molecule has 79 valence electrons. The van der Waals surface area contributed by atoms with Crippen LogP contribution in [0.2, 0.25) is 5.15 Å². The highest BCUT2D eigenvalue weighted by Gasteiger charge is 2.10. The number of benzene rings is 1. The van der Waals surface area contributed by atoms with Gasteiger partial charge in [-0.1, -0.05) is 23.7 Å². The summed E-state index contributed by atoms with van der Waals surface area (Å²) in [4.78, 5) is 14.4. The van der Waals surface area contributed by atoms with E-state index in [0.717, 1.165) is 0 Å². The number of nitrogens with zero attached hydrogens (tertiary/aromatic N) is 1. The number of aromatic nitrogens is 1. The van der Waals surface area contributed by atoms with Gasteiger partial charge in [-0.25, -0.2) is 9.37 Å². The van der Waals surface area contributed by atoms with Crippen LogP contribution >= 0.6 is 11.6 Å². The van der Waals surface area contributed by atoms with Gasteiger partial charge in [0, 0.05) is 5.56 Å². The van der Waals surface area contributed by atoms with Crippen molar-refractivity contribution in [2.45, 2.75) is 0 Å². The molecular weight excluding hydrogens is 229 g/mol. The fraction of sp³-hybridized carbons (Fsp3) is 0. The van der Waals surface area contributed by atoms with Crippen molar-refractivity contribution in [3.63, 3.8) is 0 Å². The van der Waals surface area contributed by atoms with Gasteiger partial charge in [-0.05, 0) is 24.3 Å². The maximum absolute atomic E-state index is 13.7. The van der Waals surface area contributed by atoms with Gasteiger partial charge >= 0.3 is 0 Å². The normalized spacial score (nSPS) is 10.1. The highest BCUT2D eigenvalue weighted by atomic mass is 35.5. The Morgan fingerprint density at radius 1 is 1.19 bits per heavy atom. The van der Waals surface area contributed by atoms with E-state index in [-0.39, 0.29) is 16.3 Å². The van der Waals surface area contributed by atoms with Gasteiger partial charge in [0.15, 0.2) is 0 Å². The van der Waals surface area contributed by atoms with Gasteiger partial charge in [-0.2, -0.15) is 0 Å². The van der Waals surface area contributed by atoms with E-state index in [9.17, 15) is 9.18 Å². The Morgan fingerprint density at radius 2 is 1.94 bits per heavy atom. The van der Waals surface area contributed by atoms with Gasteiger partial charge in [-0.15, -0.1) is 0 Å². The van der Waals surface area contributed by atoms with Crippen LogP contribution in [0.1, 0.15) is 5.56 Å². The predicted octanol–water partition coefficient (Wildman–Crippen LogP) is 3.00. The molecule has 0 amide bonds. The highest BCUT2D eigenvalue weighted by molar-refractivity contribution is 6.29. The molecule has 0 aliphatic carbocycles. The Morgan fingerprint density at radius 3 is 2.62 bits per heavy atom. The second-order valence-corrected chi connectivity index (χ2v) is 3.50. The molecule has 2 nitrogen and oxygen atoms in total. The summed E-state index contributed by atoms with van der Waals surface area (Å²) < 4.78 is 13.7. The third kappa shape index (κ3) is 1.95. The summed E-state index contributed by atoms with van der Waals surface area (Å²) in [6.07, 6.45) is 1.53. The third-order valence-electron chi connectivity index (χ3n) is 2.10. The summed E-state index contributed by atoms with van der Waals surface area (Å²) in [5.41, 5.74) is 0.518. The van der Waals surface area contributed by atoms with Gasteiger partial charge in [0.1, 0.15) is 11.0 Å². The van der Waals surface area contributed by atoms with Crippen molar-refractivity contribution in [3.8, 4) is 11.3 Å². The number of hydrogen-bond acceptors (Lipinski definition) is 2. The quantitative estimate of drug-likeness (QED) is 0.748. The van der Waals surface area contributed by atoms with Gasteiger partial charge in [-0.3, -0.25) is 4.79 Å². The largest absolute Gasteiger partial charge is 0.285 e. The van der Waals surface area contributed by atoms with E-state index in [1.54, 1.807) is 24.3 Å². The van der Waals surface area contributed by atoms with Gasteiger partial charge in [0.2, 0.25) is 6.29 Å². The van der Waals surface area contributed by atoms with Crippen LogP contribution in [0.15, 0.2) is 36.4 Å². The van der Waals surface area contributed by atoms with Crippen LogP contribution in [0.25, 0.3) is 11.3 Å². The van der Waals surface area contributed by atoms with Crippen LogP contribution in [-0.2, 0) is 4.79 Å². The van der Waals surface area contributed by atoms with Crippen molar-refractivity contribution in [2.24, 2.45) is 0 Å². The van der Waals surface area contributed by atoms with E-state index in [2.05, 4.69) is 4.98 Å². The molecule has 0 bridgehead atoms. The van der Waals surface area contributed by atoms with E-state index in [1.807, 2.05) is 0 Å². The van der Waals surface area contributed by atoms with Gasteiger partial charge < -0.3 is 0 Å². The molecular formula is C12H6ClFNO. The summed E-state index contributed by atoms with van der Waals surface area (Å²) in [5.74, 6) is -0.632. The molecule has 0 fully saturated rings. The second-order valence-electron chi connectivity index (χ2n) is 3.11. The van der Waals surface area contributed by atoms with Crippen LogP contribution in [-0.4, -0.2) is 11.3 Å². The minimum Gasteiger partial charge on any atom is -0.285 e. The van der Waals surface area contributed by atoms with Crippen molar-refractivity contribution in [3.05, 3.63) is 52.9 Å². The average Bonchev–Trinajstić information content (AvgIpc) is 2.29. The van der Waals surface area contributed by atoms with E-state index in [0.29, 0.717) is 5.69 Å². The van der Waals surface area contributed by atoms with E-state index < -0.39 is 5.82 Å². The molecule has 0 atom stereocenters. The Labute approximate surface area is 96.7 Å². The van der Waals surface area contributed by atoms with Crippen molar-refractivity contribution in [2.75, 3.05) is 0 Å². The van der Waals surface area contributed by atoms with E-state index in [4.69, 9.17) is 11.6 Å². The molecule has 0 spiro atoms. The number of hydrogen-bond donors (Lipinski definition) is 0. The molecule has 0 unspecified atom stereocenters. The summed E-state index contributed by atoms with van der Waals surface area (Å²) in [7, 11) is 0. The molecule has 2 rings (SSSR count). The first-order chi connectivity index (χ1) is 7.72. The minimum atomic E-state index is -0.632. The maximum atomic E-state index is 13.7. The molecule has 0 aliphatic rings. The van der Waals surface area contributed by atoms with Crippen LogP contribution in [0.3, 0.4) is 0 Å². The molecule has 0 aliphatic heterocycles. The van der Waals surface area contributed by atoms with Gasteiger partial charge in [0.05, 0.1) is 11.3 Å². The van der Waals surface area contributed by atoms with Crippen LogP contribution in [0, 0.1) is 5.82 Å². The SMILES string of the molecule is O=[C]c1cccc(-c2cccc(Cl)n2)c1F. The fourth-order valence-electron chi connectivity index (χ4n) is 1.37. The molecule has 1 aromatic heterocycles. The van der Waals surface area contributed by atoms with Crippen LogP contribution in [0.4, 0.5) is 4.39 Å². The van der Waals surface area contributed by atoms with Gasteiger partial charge in [0.25, 0.3) is 0 Å². The molecule has 4 heteroatoms. The average molecular weight is 235 g/mol. The number of carbonyl (C=O) groups excluding carboxylic acids is 1. The van der Waals surface area contributed by atoms with Crippen molar-refractivity contribution < 1.29 is 9.18 Å². The first kappa shape index (κ1) is 10.8. The van der Waals surface area contributed by atoms with E-state index >= 15 is 0 Å². The molecule has 1 aromatic carbocycles. The zero-order chi connectivity index (χ0) is 11.5. The number of pyridine rings is 1. The molecule has 1 heterocycles. The lowest BCUT2D eigenvalue weighted by molar-refractivity contribution is 0.557. The molecule has 0 saturated carbocycles. The van der Waals surface area contributed by atoms with Crippen LogP contribution < -0.4 is 0 Å². The maximum Gasteiger partial charge on any atom is 0.236 e. The molecule has 1 radical (unpaired) electrons. The Hall–Kier alpha value is -1.74. The Bertz CT molecular complexity index is 542. The van der Waals surface area contributed by atoms with Crippen molar-refractivity contribution in [1.29, 1.82) is 0 Å². The third-order valence-corrected chi connectivity index (χ3v) is 2.31. The topological polar surface area (TPSA) is 30.0 Å².